The zero-order valence-electron chi connectivity index (χ0n) is 13.0. The van der Waals surface area contributed by atoms with Gasteiger partial charge < -0.3 is 20.5 Å². The van der Waals surface area contributed by atoms with Crippen LogP contribution < -0.4 is 15.8 Å². The lowest BCUT2D eigenvalue weighted by Gasteiger charge is -2.35. The Morgan fingerprint density at radius 1 is 1.43 bits per heavy atom. The summed E-state index contributed by atoms with van der Waals surface area (Å²) < 4.78 is 11.9. The van der Waals surface area contributed by atoms with Crippen LogP contribution in [0, 0.1) is 12.8 Å². The number of ether oxygens (including phenoxy) is 2. The van der Waals surface area contributed by atoms with Gasteiger partial charge in [0.2, 0.25) is 0 Å². The number of methoxy groups -OCH3 is 1. The number of hydrogen-bond donors (Lipinski definition) is 2. The van der Waals surface area contributed by atoms with Crippen molar-refractivity contribution in [3.8, 4) is 5.75 Å². The van der Waals surface area contributed by atoms with Crippen molar-refractivity contribution in [3.63, 3.8) is 0 Å². The molecule has 0 amide bonds. The lowest BCUT2D eigenvalue weighted by Crippen LogP contribution is -2.33. The molecular formula is C17H26N2O2. The molecule has 4 nitrogen and oxygen atoms in total. The Labute approximate surface area is 127 Å². The summed E-state index contributed by atoms with van der Waals surface area (Å²) in [5, 5.41) is 3.43. The van der Waals surface area contributed by atoms with Crippen molar-refractivity contribution < 1.29 is 9.47 Å². The van der Waals surface area contributed by atoms with Gasteiger partial charge in [0.05, 0.1) is 19.3 Å². The molecule has 2 aliphatic heterocycles. The van der Waals surface area contributed by atoms with Crippen LogP contribution in [0.2, 0.25) is 0 Å². The molecule has 0 saturated carbocycles. The van der Waals surface area contributed by atoms with Crippen molar-refractivity contribution in [3.05, 3.63) is 28.8 Å². The minimum absolute atomic E-state index is 0.00297. The molecule has 4 heteroatoms. The number of hydrogen-bond acceptors (Lipinski definition) is 4. The molecule has 0 aliphatic carbocycles. The zero-order valence-corrected chi connectivity index (χ0v) is 13.0. The van der Waals surface area contributed by atoms with Crippen molar-refractivity contribution in [2.45, 2.75) is 38.4 Å². The summed E-state index contributed by atoms with van der Waals surface area (Å²) in [6.07, 6.45) is 3.56. The van der Waals surface area contributed by atoms with E-state index in [1.165, 1.54) is 23.1 Å². The van der Waals surface area contributed by atoms with Crippen LogP contribution in [0.4, 0.5) is 0 Å². The summed E-state index contributed by atoms with van der Waals surface area (Å²) >= 11 is 0. The molecule has 0 spiro atoms. The van der Waals surface area contributed by atoms with E-state index >= 15 is 0 Å². The van der Waals surface area contributed by atoms with Gasteiger partial charge in [-0.25, -0.2) is 0 Å². The Kier molecular flexibility index (Phi) is 4.48. The number of benzene rings is 1. The van der Waals surface area contributed by atoms with Crippen LogP contribution in [0.1, 0.15) is 35.6 Å². The highest BCUT2D eigenvalue weighted by molar-refractivity contribution is 5.47. The maximum absolute atomic E-state index is 6.30. The highest BCUT2D eigenvalue weighted by atomic mass is 16.5. The molecule has 1 aromatic carbocycles. The molecule has 1 aromatic rings. The van der Waals surface area contributed by atoms with Gasteiger partial charge in [-0.3, -0.25) is 0 Å². The second-order valence-corrected chi connectivity index (χ2v) is 6.26. The van der Waals surface area contributed by atoms with Gasteiger partial charge in [-0.2, -0.15) is 0 Å². The van der Waals surface area contributed by atoms with Gasteiger partial charge in [0, 0.05) is 18.5 Å². The molecule has 2 aliphatic rings. The maximum Gasteiger partial charge on any atom is 0.122 e. The molecule has 0 aromatic heterocycles. The number of fused-ring (bicyclic) bond motifs is 1. The third-order valence-electron chi connectivity index (χ3n) is 4.84. The molecule has 3 N–H and O–H groups in total. The summed E-state index contributed by atoms with van der Waals surface area (Å²) in [6, 6.07) is 4.17. The van der Waals surface area contributed by atoms with E-state index in [1.54, 1.807) is 7.11 Å². The predicted octanol–water partition coefficient (Wildman–Crippen LogP) is 1.94. The van der Waals surface area contributed by atoms with E-state index in [4.69, 9.17) is 15.2 Å². The molecular weight excluding hydrogens is 264 g/mol. The van der Waals surface area contributed by atoms with Gasteiger partial charge in [-0.15, -0.1) is 0 Å². The lowest BCUT2D eigenvalue weighted by atomic mass is 9.87. The summed E-state index contributed by atoms with van der Waals surface area (Å²) in [5.74, 6) is 1.71. The van der Waals surface area contributed by atoms with Crippen molar-refractivity contribution in [2.24, 2.45) is 11.7 Å². The van der Waals surface area contributed by atoms with Gasteiger partial charge in [-0.05, 0) is 56.0 Å². The highest BCUT2D eigenvalue weighted by Crippen LogP contribution is 2.39. The average Bonchev–Trinajstić information content (AvgIpc) is 2.99. The van der Waals surface area contributed by atoms with Gasteiger partial charge in [0.25, 0.3) is 0 Å². The summed E-state index contributed by atoms with van der Waals surface area (Å²) in [4.78, 5) is 0. The SMILES string of the molecule is COc1ccc(C)c2c1C[C@H](CC1CCNC1)O[C@H]2CN. The molecule has 1 unspecified atom stereocenters. The number of nitrogens with two attached hydrogens (primary N) is 1. The number of aryl methyl sites for hydroxylation is 1. The Hall–Kier alpha value is -1.10. The van der Waals surface area contributed by atoms with Crippen LogP contribution in [-0.2, 0) is 11.2 Å². The Balaban J connectivity index is 1.86. The second kappa shape index (κ2) is 6.34. The van der Waals surface area contributed by atoms with Gasteiger partial charge in [0.1, 0.15) is 5.75 Å². The van der Waals surface area contributed by atoms with Crippen LogP contribution in [0.15, 0.2) is 12.1 Å². The maximum atomic E-state index is 6.30. The normalized spacial score (nSPS) is 28.4. The highest BCUT2D eigenvalue weighted by Gasteiger charge is 2.32. The monoisotopic (exact) mass is 290 g/mol. The van der Waals surface area contributed by atoms with E-state index in [0.717, 1.165) is 37.6 Å². The van der Waals surface area contributed by atoms with E-state index in [2.05, 4.69) is 24.4 Å². The van der Waals surface area contributed by atoms with Crippen molar-refractivity contribution in [2.75, 3.05) is 26.7 Å². The first-order valence-electron chi connectivity index (χ1n) is 7.95. The van der Waals surface area contributed by atoms with Crippen molar-refractivity contribution in [1.29, 1.82) is 0 Å². The Morgan fingerprint density at radius 3 is 2.95 bits per heavy atom. The first-order valence-corrected chi connectivity index (χ1v) is 7.95. The van der Waals surface area contributed by atoms with Crippen LogP contribution in [0.25, 0.3) is 0 Å². The van der Waals surface area contributed by atoms with Gasteiger partial charge >= 0.3 is 0 Å². The molecule has 1 fully saturated rings. The average molecular weight is 290 g/mol. The van der Waals surface area contributed by atoms with Gasteiger partial charge in [-0.1, -0.05) is 6.07 Å². The smallest absolute Gasteiger partial charge is 0.122 e. The molecule has 3 atom stereocenters. The van der Waals surface area contributed by atoms with Crippen LogP contribution in [0.5, 0.6) is 5.75 Å². The van der Waals surface area contributed by atoms with Crippen molar-refractivity contribution >= 4 is 0 Å². The third kappa shape index (κ3) is 2.93. The minimum Gasteiger partial charge on any atom is -0.496 e. The number of nitrogens with one attached hydrogen (secondary N) is 1. The molecule has 1 saturated heterocycles. The summed E-state index contributed by atoms with van der Waals surface area (Å²) in [5.41, 5.74) is 9.77. The zero-order chi connectivity index (χ0) is 14.8. The fraction of sp³-hybridized carbons (Fsp3) is 0.647. The standard InChI is InChI=1S/C17H26N2O2/c1-11-3-4-15(20-2)14-8-13(7-12-5-6-19-10-12)21-16(9-18)17(11)14/h3-4,12-13,16,19H,5-10,18H2,1-2H3/t12?,13-,16-/m0/s1. The third-order valence-corrected chi connectivity index (χ3v) is 4.84. The van der Waals surface area contributed by atoms with Crippen LogP contribution in [-0.4, -0.2) is 32.8 Å². The molecule has 3 rings (SSSR count). The molecule has 2 heterocycles. The van der Waals surface area contributed by atoms with E-state index in [1.807, 2.05) is 0 Å². The largest absolute Gasteiger partial charge is 0.496 e. The molecule has 21 heavy (non-hydrogen) atoms. The first kappa shape index (κ1) is 14.8. The van der Waals surface area contributed by atoms with Crippen LogP contribution in [0.3, 0.4) is 0 Å². The second-order valence-electron chi connectivity index (χ2n) is 6.26. The molecule has 0 bridgehead atoms. The van der Waals surface area contributed by atoms with Crippen molar-refractivity contribution in [1.82, 2.24) is 5.32 Å². The van der Waals surface area contributed by atoms with E-state index < -0.39 is 0 Å². The number of rotatable bonds is 4. The first-order chi connectivity index (χ1) is 10.2. The van der Waals surface area contributed by atoms with E-state index in [-0.39, 0.29) is 12.2 Å². The van der Waals surface area contributed by atoms with E-state index in [9.17, 15) is 0 Å². The van der Waals surface area contributed by atoms with Crippen LogP contribution >= 0.6 is 0 Å². The lowest BCUT2D eigenvalue weighted by molar-refractivity contribution is -0.0320. The Bertz CT molecular complexity index is 498. The predicted molar refractivity (Wildman–Crippen MR) is 83.7 cm³/mol. The van der Waals surface area contributed by atoms with E-state index in [0.29, 0.717) is 6.54 Å². The molecule has 116 valence electrons. The quantitative estimate of drug-likeness (QED) is 0.890. The summed E-state index contributed by atoms with van der Waals surface area (Å²) in [7, 11) is 1.74. The molecule has 0 radical (unpaired) electrons. The Morgan fingerprint density at radius 2 is 2.29 bits per heavy atom. The van der Waals surface area contributed by atoms with Gasteiger partial charge in [0.15, 0.2) is 0 Å². The summed E-state index contributed by atoms with van der Waals surface area (Å²) in [6.45, 7) is 4.91. The topological polar surface area (TPSA) is 56.5 Å². The fourth-order valence-corrected chi connectivity index (χ4v) is 3.79. The minimum atomic E-state index is 0.00297. The fourth-order valence-electron chi connectivity index (χ4n) is 3.79.